The lowest BCUT2D eigenvalue weighted by atomic mass is 10.4. The van der Waals surface area contributed by atoms with Crippen LogP contribution in [0.2, 0.25) is 0 Å². The van der Waals surface area contributed by atoms with Gasteiger partial charge in [0.2, 0.25) is 5.95 Å². The van der Waals surface area contributed by atoms with Gasteiger partial charge in [-0.25, -0.2) is 0 Å². The number of hydrogen-bond acceptors (Lipinski definition) is 4. The normalized spacial score (nSPS) is 17.4. The van der Waals surface area contributed by atoms with Crippen LogP contribution in [0.4, 0.5) is 5.95 Å². The smallest absolute Gasteiger partial charge is 0.227 e. The lowest BCUT2D eigenvalue weighted by molar-refractivity contribution is 0.572. The fraction of sp³-hybridized carbons (Fsp3) is 0.778. The van der Waals surface area contributed by atoms with Crippen LogP contribution in [-0.2, 0) is 13.5 Å². The minimum Gasteiger partial charge on any atom is -0.338 e. The molecule has 1 N–H and O–H groups in total. The molecule has 1 saturated heterocycles. The lowest BCUT2D eigenvalue weighted by Crippen LogP contribution is -2.44. The Kier molecular flexibility index (Phi) is 2.67. The van der Waals surface area contributed by atoms with E-state index in [0.717, 1.165) is 44.4 Å². The monoisotopic (exact) mass is 195 g/mol. The van der Waals surface area contributed by atoms with E-state index in [1.54, 1.807) is 0 Å². The first kappa shape index (κ1) is 9.45. The molecule has 1 aliphatic heterocycles. The molecular weight excluding hydrogens is 178 g/mol. The van der Waals surface area contributed by atoms with E-state index in [4.69, 9.17) is 0 Å². The molecule has 0 amide bonds. The van der Waals surface area contributed by atoms with Crippen LogP contribution in [-0.4, -0.2) is 40.9 Å². The summed E-state index contributed by atoms with van der Waals surface area (Å²) < 4.78 is 2.09. The highest BCUT2D eigenvalue weighted by atomic mass is 15.4. The molecule has 0 atom stereocenters. The van der Waals surface area contributed by atoms with Crippen LogP contribution in [0.3, 0.4) is 0 Å². The summed E-state index contributed by atoms with van der Waals surface area (Å²) >= 11 is 0. The summed E-state index contributed by atoms with van der Waals surface area (Å²) in [5.41, 5.74) is 0. The van der Waals surface area contributed by atoms with Crippen molar-refractivity contribution in [3.63, 3.8) is 0 Å². The van der Waals surface area contributed by atoms with E-state index in [0.29, 0.717) is 0 Å². The molecular formula is C9H17N5. The van der Waals surface area contributed by atoms with Gasteiger partial charge in [-0.1, -0.05) is 6.92 Å². The Morgan fingerprint density at radius 1 is 1.29 bits per heavy atom. The van der Waals surface area contributed by atoms with Crippen molar-refractivity contribution in [3.8, 4) is 0 Å². The summed E-state index contributed by atoms with van der Waals surface area (Å²) in [7, 11) is 2.04. The molecule has 0 bridgehead atoms. The molecule has 5 nitrogen and oxygen atoms in total. The van der Waals surface area contributed by atoms with Crippen molar-refractivity contribution in [3.05, 3.63) is 5.82 Å². The van der Waals surface area contributed by atoms with Crippen LogP contribution >= 0.6 is 0 Å². The highest BCUT2D eigenvalue weighted by molar-refractivity contribution is 5.31. The van der Waals surface area contributed by atoms with E-state index in [-0.39, 0.29) is 0 Å². The van der Waals surface area contributed by atoms with E-state index in [1.165, 1.54) is 0 Å². The first-order valence-corrected chi connectivity index (χ1v) is 5.17. The van der Waals surface area contributed by atoms with Crippen molar-refractivity contribution < 1.29 is 0 Å². The Labute approximate surface area is 84.1 Å². The fourth-order valence-corrected chi connectivity index (χ4v) is 1.80. The molecule has 5 heteroatoms. The quantitative estimate of drug-likeness (QED) is 0.709. The molecule has 14 heavy (non-hydrogen) atoms. The van der Waals surface area contributed by atoms with Gasteiger partial charge < -0.3 is 14.8 Å². The predicted octanol–water partition coefficient (Wildman–Crippen LogP) is -0.213. The SMILES string of the molecule is CCc1nnc(N2CCNCC2)n1C. The summed E-state index contributed by atoms with van der Waals surface area (Å²) in [6.07, 6.45) is 0.940. The second-order valence-electron chi connectivity index (χ2n) is 3.57. The maximum Gasteiger partial charge on any atom is 0.227 e. The molecule has 1 aromatic rings. The summed E-state index contributed by atoms with van der Waals surface area (Å²) in [5, 5.41) is 11.7. The summed E-state index contributed by atoms with van der Waals surface area (Å²) in [4.78, 5) is 2.28. The van der Waals surface area contributed by atoms with Crippen LogP contribution in [0.15, 0.2) is 0 Å². The molecule has 1 aliphatic rings. The molecule has 1 fully saturated rings. The van der Waals surface area contributed by atoms with Gasteiger partial charge in [-0.2, -0.15) is 0 Å². The lowest BCUT2D eigenvalue weighted by Gasteiger charge is -2.27. The Hall–Kier alpha value is -1.10. The molecule has 0 spiro atoms. The molecule has 78 valence electrons. The van der Waals surface area contributed by atoms with Gasteiger partial charge in [-0.05, 0) is 0 Å². The Morgan fingerprint density at radius 3 is 2.57 bits per heavy atom. The van der Waals surface area contributed by atoms with Gasteiger partial charge in [0.25, 0.3) is 0 Å². The molecule has 1 aromatic heterocycles. The van der Waals surface area contributed by atoms with E-state index in [1.807, 2.05) is 7.05 Å². The van der Waals surface area contributed by atoms with Crippen LogP contribution in [0.1, 0.15) is 12.7 Å². The largest absolute Gasteiger partial charge is 0.338 e. The van der Waals surface area contributed by atoms with Crippen molar-refractivity contribution in [2.45, 2.75) is 13.3 Å². The van der Waals surface area contributed by atoms with Gasteiger partial charge in [-0.3, -0.25) is 0 Å². The zero-order valence-electron chi connectivity index (χ0n) is 8.82. The molecule has 2 heterocycles. The van der Waals surface area contributed by atoms with E-state index >= 15 is 0 Å². The summed E-state index contributed by atoms with van der Waals surface area (Å²) in [5.74, 6) is 2.06. The molecule has 0 unspecified atom stereocenters. The van der Waals surface area contributed by atoms with Gasteiger partial charge in [-0.15, -0.1) is 10.2 Å². The zero-order valence-corrected chi connectivity index (χ0v) is 8.82. The average molecular weight is 195 g/mol. The van der Waals surface area contributed by atoms with Crippen molar-refractivity contribution in [1.82, 2.24) is 20.1 Å². The van der Waals surface area contributed by atoms with E-state index in [9.17, 15) is 0 Å². The number of nitrogens with one attached hydrogen (secondary N) is 1. The standard InChI is InChI=1S/C9H17N5/c1-3-8-11-12-9(13(8)2)14-6-4-10-5-7-14/h10H,3-7H2,1-2H3. The molecule has 0 saturated carbocycles. The Morgan fingerprint density at radius 2 is 2.00 bits per heavy atom. The highest BCUT2D eigenvalue weighted by Crippen LogP contribution is 2.11. The minimum atomic E-state index is 0.940. The summed E-state index contributed by atoms with van der Waals surface area (Å²) in [6.45, 7) is 6.22. The maximum atomic E-state index is 4.22. The Bertz CT molecular complexity index is 300. The number of aromatic nitrogens is 3. The number of anilines is 1. The molecule has 0 aromatic carbocycles. The minimum absolute atomic E-state index is 0.940. The van der Waals surface area contributed by atoms with Gasteiger partial charge in [0.05, 0.1) is 0 Å². The third kappa shape index (κ3) is 1.59. The van der Waals surface area contributed by atoms with Crippen molar-refractivity contribution in [1.29, 1.82) is 0 Å². The van der Waals surface area contributed by atoms with Gasteiger partial charge in [0, 0.05) is 39.6 Å². The van der Waals surface area contributed by atoms with Crippen molar-refractivity contribution >= 4 is 5.95 Å². The van der Waals surface area contributed by atoms with E-state index < -0.39 is 0 Å². The van der Waals surface area contributed by atoms with Gasteiger partial charge in [0.1, 0.15) is 5.82 Å². The van der Waals surface area contributed by atoms with Crippen LogP contribution in [0, 0.1) is 0 Å². The second kappa shape index (κ2) is 3.96. The van der Waals surface area contributed by atoms with Crippen LogP contribution in [0.5, 0.6) is 0 Å². The summed E-state index contributed by atoms with van der Waals surface area (Å²) in [6, 6.07) is 0. The van der Waals surface area contributed by atoms with Crippen LogP contribution in [0.25, 0.3) is 0 Å². The fourth-order valence-electron chi connectivity index (χ4n) is 1.80. The van der Waals surface area contributed by atoms with Gasteiger partial charge >= 0.3 is 0 Å². The predicted molar refractivity (Wildman–Crippen MR) is 55.5 cm³/mol. The first-order valence-electron chi connectivity index (χ1n) is 5.17. The maximum absolute atomic E-state index is 4.22. The number of aryl methyl sites for hydroxylation is 1. The van der Waals surface area contributed by atoms with E-state index in [2.05, 4.69) is 31.9 Å². The number of piperazine rings is 1. The van der Waals surface area contributed by atoms with Crippen LogP contribution < -0.4 is 10.2 Å². The average Bonchev–Trinajstić information content (AvgIpc) is 2.61. The number of nitrogens with zero attached hydrogens (tertiary/aromatic N) is 4. The first-order chi connectivity index (χ1) is 6.83. The van der Waals surface area contributed by atoms with Gasteiger partial charge in [0.15, 0.2) is 0 Å². The topological polar surface area (TPSA) is 46.0 Å². The third-order valence-electron chi connectivity index (χ3n) is 2.66. The number of hydrogen-bond donors (Lipinski definition) is 1. The second-order valence-corrected chi connectivity index (χ2v) is 3.57. The zero-order chi connectivity index (χ0) is 9.97. The molecule has 0 radical (unpaired) electrons. The van der Waals surface area contributed by atoms with Crippen molar-refractivity contribution in [2.75, 3.05) is 31.1 Å². The van der Waals surface area contributed by atoms with Crippen molar-refractivity contribution in [2.24, 2.45) is 7.05 Å². The highest BCUT2D eigenvalue weighted by Gasteiger charge is 2.16. The third-order valence-corrected chi connectivity index (χ3v) is 2.66. The number of rotatable bonds is 2. The molecule has 2 rings (SSSR count). The molecule has 0 aliphatic carbocycles. The Balaban J connectivity index is 2.18.